The number of carbonyl (C=O) groups is 2. The summed E-state index contributed by atoms with van der Waals surface area (Å²) in [6.07, 6.45) is 0. The van der Waals surface area contributed by atoms with Gasteiger partial charge >= 0.3 is 17.5 Å². The molecule has 0 saturated heterocycles. The highest BCUT2D eigenvalue weighted by Crippen LogP contribution is 2.38. The Balaban J connectivity index is 1.76. The molecule has 2 N–H and O–H groups in total. The zero-order valence-electron chi connectivity index (χ0n) is 20.2. The summed E-state index contributed by atoms with van der Waals surface area (Å²) in [6.45, 7) is 3.26. The summed E-state index contributed by atoms with van der Waals surface area (Å²) in [5.41, 5.74) is 2.86. The maximum Gasteiger partial charge on any atom is 0.329 e. The Kier molecular flexibility index (Phi) is 8.55. The number of anilines is 1. The highest BCUT2D eigenvalue weighted by molar-refractivity contribution is 6.40. The van der Waals surface area contributed by atoms with Gasteiger partial charge in [0.15, 0.2) is 11.5 Å². The Bertz CT molecular complexity index is 1470. The van der Waals surface area contributed by atoms with Gasteiger partial charge in [-0.1, -0.05) is 17.7 Å². The van der Waals surface area contributed by atoms with Crippen LogP contribution >= 0.6 is 11.6 Å². The third kappa shape index (κ3) is 6.39. The van der Waals surface area contributed by atoms with E-state index in [1.165, 1.54) is 25.3 Å². The van der Waals surface area contributed by atoms with Crippen LogP contribution in [0.25, 0.3) is 0 Å². The van der Waals surface area contributed by atoms with E-state index in [9.17, 15) is 29.8 Å². The van der Waals surface area contributed by atoms with Crippen LogP contribution in [0.4, 0.5) is 17.1 Å². The second kappa shape index (κ2) is 11.8. The Morgan fingerprint density at radius 1 is 0.947 bits per heavy atom. The molecule has 14 heteroatoms. The molecule has 196 valence electrons. The number of hydrogen-bond donors (Lipinski definition) is 2. The second-order valence-corrected chi connectivity index (χ2v) is 8.05. The van der Waals surface area contributed by atoms with Gasteiger partial charge in [-0.15, -0.1) is 0 Å². The molecular formula is C24H20ClN5O8. The van der Waals surface area contributed by atoms with Crippen LogP contribution in [-0.4, -0.2) is 34.5 Å². The van der Waals surface area contributed by atoms with Crippen molar-refractivity contribution in [3.05, 3.63) is 91.0 Å². The molecular weight excluding hydrogens is 522 g/mol. The van der Waals surface area contributed by atoms with E-state index in [-0.39, 0.29) is 17.2 Å². The topological polar surface area (TPSA) is 175 Å². The molecule has 0 radical (unpaired) electrons. The third-order valence-electron chi connectivity index (χ3n) is 5.20. The number of amides is 2. The van der Waals surface area contributed by atoms with Gasteiger partial charge in [-0.2, -0.15) is 5.10 Å². The molecule has 0 spiro atoms. The summed E-state index contributed by atoms with van der Waals surface area (Å²) in [4.78, 5) is 45.2. The van der Waals surface area contributed by atoms with Gasteiger partial charge in [-0.3, -0.25) is 29.8 Å². The minimum atomic E-state index is -1.01. The summed E-state index contributed by atoms with van der Waals surface area (Å²) in [5, 5.41) is 29.1. The van der Waals surface area contributed by atoms with Crippen molar-refractivity contribution in [1.82, 2.24) is 5.43 Å². The molecule has 0 heterocycles. The first kappa shape index (κ1) is 27.5. The highest BCUT2D eigenvalue weighted by Gasteiger charge is 2.22. The molecule has 0 saturated carbocycles. The number of rotatable bonds is 8. The SMILES string of the molecule is COc1cc(C(C)=NNC(=O)C(=O)Nc2cccc(Cl)c2C)ccc1Oc1ccc([N+](=O)[O-])cc1[N+](=O)[O-]. The molecule has 0 bridgehead atoms. The molecule has 3 aromatic rings. The van der Waals surface area contributed by atoms with Gasteiger partial charge in [-0.25, -0.2) is 5.43 Å². The zero-order chi connectivity index (χ0) is 28.0. The molecule has 0 aliphatic carbocycles. The first-order chi connectivity index (χ1) is 18.0. The molecule has 2 amide bonds. The minimum absolute atomic E-state index is 0.0845. The van der Waals surface area contributed by atoms with E-state index < -0.39 is 33.0 Å². The second-order valence-electron chi connectivity index (χ2n) is 7.64. The monoisotopic (exact) mass is 541 g/mol. The average Bonchev–Trinajstić information content (AvgIpc) is 2.89. The number of hydrogen-bond acceptors (Lipinski definition) is 9. The lowest BCUT2D eigenvalue weighted by Gasteiger charge is -2.12. The number of nitro groups is 2. The first-order valence-electron chi connectivity index (χ1n) is 10.7. The van der Waals surface area contributed by atoms with Crippen molar-refractivity contribution in [3.8, 4) is 17.2 Å². The minimum Gasteiger partial charge on any atom is -0.493 e. The predicted octanol–water partition coefficient (Wildman–Crippen LogP) is 4.74. The number of hydrazone groups is 1. The van der Waals surface area contributed by atoms with Crippen LogP contribution in [0, 0.1) is 27.2 Å². The fourth-order valence-electron chi connectivity index (χ4n) is 3.12. The van der Waals surface area contributed by atoms with Crippen molar-refractivity contribution >= 4 is 46.2 Å². The largest absolute Gasteiger partial charge is 0.493 e. The molecule has 0 atom stereocenters. The molecule has 0 aliphatic rings. The molecule has 0 unspecified atom stereocenters. The van der Waals surface area contributed by atoms with Crippen LogP contribution in [0.3, 0.4) is 0 Å². The average molecular weight is 542 g/mol. The van der Waals surface area contributed by atoms with Crippen LogP contribution in [0.5, 0.6) is 17.2 Å². The van der Waals surface area contributed by atoms with Gasteiger partial charge in [0.2, 0.25) is 5.75 Å². The Morgan fingerprint density at radius 3 is 2.32 bits per heavy atom. The van der Waals surface area contributed by atoms with Crippen molar-refractivity contribution < 1.29 is 28.9 Å². The van der Waals surface area contributed by atoms with E-state index in [0.29, 0.717) is 27.5 Å². The van der Waals surface area contributed by atoms with Gasteiger partial charge in [0.25, 0.3) is 5.69 Å². The number of non-ortho nitro benzene ring substituents is 1. The van der Waals surface area contributed by atoms with Crippen molar-refractivity contribution in [3.63, 3.8) is 0 Å². The van der Waals surface area contributed by atoms with Crippen LogP contribution in [-0.2, 0) is 9.59 Å². The third-order valence-corrected chi connectivity index (χ3v) is 5.61. The molecule has 3 aromatic carbocycles. The number of benzene rings is 3. The predicted molar refractivity (Wildman–Crippen MR) is 138 cm³/mol. The summed E-state index contributed by atoms with van der Waals surface area (Å²) < 4.78 is 10.9. The number of carbonyl (C=O) groups excluding carboxylic acids is 2. The molecule has 38 heavy (non-hydrogen) atoms. The summed E-state index contributed by atoms with van der Waals surface area (Å²) in [5.74, 6) is -1.95. The van der Waals surface area contributed by atoms with Gasteiger partial charge in [0.05, 0.1) is 28.7 Å². The normalized spacial score (nSPS) is 10.9. The maximum absolute atomic E-state index is 12.2. The lowest BCUT2D eigenvalue weighted by Crippen LogP contribution is -2.33. The lowest BCUT2D eigenvalue weighted by atomic mass is 10.1. The van der Waals surface area contributed by atoms with Crippen LogP contribution in [0.1, 0.15) is 18.1 Å². The standard InChI is InChI=1S/C24H20ClN5O8/c1-13-17(25)5-4-6-18(13)26-23(31)24(32)28-27-14(2)15-7-9-21(22(11-15)37-3)38-20-10-8-16(29(33)34)12-19(20)30(35)36/h4-12H,1-3H3,(H,26,31)(H,28,32). The molecule has 0 fully saturated rings. The van der Waals surface area contributed by atoms with E-state index >= 15 is 0 Å². The molecule has 0 aliphatic heterocycles. The van der Waals surface area contributed by atoms with Gasteiger partial charge in [0.1, 0.15) is 0 Å². The Morgan fingerprint density at radius 2 is 1.66 bits per heavy atom. The van der Waals surface area contributed by atoms with E-state index in [2.05, 4.69) is 15.8 Å². The molecule has 0 aromatic heterocycles. The summed E-state index contributed by atoms with van der Waals surface area (Å²) >= 11 is 6.02. The maximum atomic E-state index is 12.2. The van der Waals surface area contributed by atoms with Crippen molar-refractivity contribution in [2.24, 2.45) is 5.10 Å². The summed E-state index contributed by atoms with van der Waals surface area (Å²) in [6, 6.07) is 12.3. The van der Waals surface area contributed by atoms with Gasteiger partial charge in [0, 0.05) is 22.3 Å². The Hall–Kier alpha value is -5.04. The number of ether oxygens (including phenoxy) is 2. The van der Waals surface area contributed by atoms with E-state index in [0.717, 1.165) is 18.2 Å². The number of methoxy groups -OCH3 is 1. The van der Waals surface area contributed by atoms with Crippen molar-refractivity contribution in [2.75, 3.05) is 12.4 Å². The van der Waals surface area contributed by atoms with E-state index in [1.54, 1.807) is 32.0 Å². The number of halogens is 1. The number of nitrogens with zero attached hydrogens (tertiary/aromatic N) is 3. The number of nitrogens with one attached hydrogen (secondary N) is 2. The van der Waals surface area contributed by atoms with Crippen LogP contribution < -0.4 is 20.2 Å². The Labute approximate surface area is 220 Å². The van der Waals surface area contributed by atoms with Crippen molar-refractivity contribution in [1.29, 1.82) is 0 Å². The quantitative estimate of drug-likeness (QED) is 0.178. The van der Waals surface area contributed by atoms with Crippen molar-refractivity contribution in [2.45, 2.75) is 13.8 Å². The van der Waals surface area contributed by atoms with Gasteiger partial charge < -0.3 is 14.8 Å². The molecule has 3 rings (SSSR count). The lowest BCUT2D eigenvalue weighted by molar-refractivity contribution is -0.394. The van der Waals surface area contributed by atoms with E-state index in [4.69, 9.17) is 21.1 Å². The smallest absolute Gasteiger partial charge is 0.329 e. The van der Waals surface area contributed by atoms with Crippen LogP contribution in [0.2, 0.25) is 5.02 Å². The van der Waals surface area contributed by atoms with E-state index in [1.807, 2.05) is 0 Å². The molecule has 13 nitrogen and oxygen atoms in total. The fraction of sp³-hybridized carbons (Fsp3) is 0.125. The fourth-order valence-corrected chi connectivity index (χ4v) is 3.29. The number of nitro benzene ring substituents is 2. The first-order valence-corrected chi connectivity index (χ1v) is 11.1. The summed E-state index contributed by atoms with van der Waals surface area (Å²) in [7, 11) is 1.34. The van der Waals surface area contributed by atoms with Crippen LogP contribution in [0.15, 0.2) is 59.7 Å². The van der Waals surface area contributed by atoms with Gasteiger partial charge in [-0.05, 0) is 55.8 Å². The zero-order valence-corrected chi connectivity index (χ0v) is 20.9. The highest BCUT2D eigenvalue weighted by atomic mass is 35.5.